The van der Waals surface area contributed by atoms with Crippen molar-refractivity contribution >= 4 is 40.0 Å². The number of methoxy groups -OCH3 is 1. The zero-order valence-corrected chi connectivity index (χ0v) is 23.6. The number of anilines is 1. The van der Waals surface area contributed by atoms with E-state index in [1.807, 2.05) is 48.5 Å². The van der Waals surface area contributed by atoms with Crippen LogP contribution in [0.15, 0.2) is 74.0 Å². The number of rotatable bonds is 6. The monoisotopic (exact) mass is 557 g/mol. The number of ether oxygens (including phenoxy) is 2. The van der Waals surface area contributed by atoms with Crippen LogP contribution in [0.3, 0.4) is 0 Å². The van der Waals surface area contributed by atoms with Gasteiger partial charge in [-0.25, -0.2) is 9.79 Å². The lowest BCUT2D eigenvalue weighted by Gasteiger charge is -2.27. The number of thiazole rings is 1. The molecule has 0 aliphatic carbocycles. The lowest BCUT2D eigenvalue weighted by molar-refractivity contribution is -0.139. The molecule has 8 nitrogen and oxygen atoms in total. The number of benzene rings is 2. The van der Waals surface area contributed by atoms with Crippen molar-refractivity contribution in [1.29, 1.82) is 0 Å². The van der Waals surface area contributed by atoms with Gasteiger partial charge in [0, 0.05) is 30.8 Å². The summed E-state index contributed by atoms with van der Waals surface area (Å²) >= 11 is 1.28. The summed E-state index contributed by atoms with van der Waals surface area (Å²) in [6.45, 7) is 5.69. The molecular formula is C31H31N3O5S. The Morgan fingerprint density at radius 1 is 1.12 bits per heavy atom. The van der Waals surface area contributed by atoms with Crippen LogP contribution in [-0.2, 0) is 9.53 Å². The van der Waals surface area contributed by atoms with E-state index in [0.717, 1.165) is 48.2 Å². The standard InChI is InChI=1S/C31H31N3O5S/c1-4-38-30(36)26-19(2)32-31-34(28(26)27-22-11-7-6-10-20(22)12-14-23(27)37-3)29(35)24(40-31)18-21-13-15-25(39-21)33-16-8-5-9-17-33/h6-7,10-15,18,28H,4-5,8-9,16-17H2,1-3H3/b24-18+. The smallest absolute Gasteiger partial charge is 0.338 e. The van der Waals surface area contributed by atoms with Gasteiger partial charge in [-0.05, 0) is 56.0 Å². The third kappa shape index (κ3) is 4.54. The minimum Gasteiger partial charge on any atom is -0.496 e. The normalized spacial score (nSPS) is 17.6. The van der Waals surface area contributed by atoms with Gasteiger partial charge in [0.2, 0.25) is 0 Å². The van der Waals surface area contributed by atoms with Gasteiger partial charge >= 0.3 is 5.97 Å². The molecule has 2 aliphatic rings. The SMILES string of the molecule is CCOC(=O)C1=C(C)N=c2s/c(=C/c3ccc(N4CCCCC4)o3)c(=O)n2C1c1c(OC)ccc2ccccc12. The number of hydrogen-bond acceptors (Lipinski definition) is 8. The Balaban J connectivity index is 1.55. The highest BCUT2D eigenvalue weighted by atomic mass is 32.1. The molecule has 6 rings (SSSR count). The summed E-state index contributed by atoms with van der Waals surface area (Å²) in [5, 5.41) is 1.86. The fraction of sp³-hybridized carbons (Fsp3) is 0.323. The van der Waals surface area contributed by atoms with Crippen LogP contribution in [0, 0.1) is 0 Å². The first-order valence-electron chi connectivity index (χ1n) is 13.6. The quantitative estimate of drug-likeness (QED) is 0.324. The van der Waals surface area contributed by atoms with E-state index >= 15 is 0 Å². The molecule has 1 saturated heterocycles. The summed E-state index contributed by atoms with van der Waals surface area (Å²) in [5.74, 6) is 1.49. The highest BCUT2D eigenvalue weighted by Crippen LogP contribution is 2.40. The van der Waals surface area contributed by atoms with Crippen molar-refractivity contribution in [3.8, 4) is 5.75 Å². The maximum Gasteiger partial charge on any atom is 0.338 e. The second-order valence-electron chi connectivity index (χ2n) is 9.93. The van der Waals surface area contributed by atoms with E-state index in [4.69, 9.17) is 18.9 Å². The summed E-state index contributed by atoms with van der Waals surface area (Å²) < 4.78 is 19.5. The number of esters is 1. The second-order valence-corrected chi connectivity index (χ2v) is 10.9. The molecule has 9 heteroatoms. The Morgan fingerprint density at radius 3 is 2.70 bits per heavy atom. The minimum absolute atomic E-state index is 0.206. The van der Waals surface area contributed by atoms with Gasteiger partial charge in [0.1, 0.15) is 17.6 Å². The van der Waals surface area contributed by atoms with Crippen molar-refractivity contribution in [1.82, 2.24) is 4.57 Å². The maximum absolute atomic E-state index is 14.1. The van der Waals surface area contributed by atoms with Gasteiger partial charge in [-0.2, -0.15) is 0 Å². The average molecular weight is 558 g/mol. The molecule has 0 N–H and O–H groups in total. The summed E-state index contributed by atoms with van der Waals surface area (Å²) in [5.41, 5.74) is 1.29. The van der Waals surface area contributed by atoms with Crippen molar-refractivity contribution < 1.29 is 18.7 Å². The number of aromatic nitrogens is 1. The Bertz CT molecular complexity index is 1810. The molecule has 2 aromatic carbocycles. The van der Waals surface area contributed by atoms with Gasteiger partial charge < -0.3 is 18.8 Å². The number of hydrogen-bond donors (Lipinski definition) is 0. The Morgan fingerprint density at radius 2 is 1.93 bits per heavy atom. The topological polar surface area (TPSA) is 86.3 Å². The molecule has 2 aliphatic heterocycles. The Hall–Kier alpha value is -4.11. The van der Waals surface area contributed by atoms with Crippen LogP contribution < -0.4 is 24.5 Å². The van der Waals surface area contributed by atoms with Crippen LogP contribution >= 0.6 is 11.3 Å². The van der Waals surface area contributed by atoms with Gasteiger partial charge in [0.15, 0.2) is 10.7 Å². The van der Waals surface area contributed by atoms with Crippen molar-refractivity contribution in [3.63, 3.8) is 0 Å². The van der Waals surface area contributed by atoms with Gasteiger partial charge in [-0.15, -0.1) is 0 Å². The first kappa shape index (κ1) is 26.1. The van der Waals surface area contributed by atoms with Crippen molar-refractivity contribution in [3.05, 3.63) is 90.8 Å². The number of fused-ring (bicyclic) bond motifs is 2. The summed E-state index contributed by atoms with van der Waals surface area (Å²) in [6, 6.07) is 14.8. The third-order valence-corrected chi connectivity index (χ3v) is 8.48. The lowest BCUT2D eigenvalue weighted by Crippen LogP contribution is -2.40. The van der Waals surface area contributed by atoms with Gasteiger partial charge in [0.25, 0.3) is 5.56 Å². The summed E-state index contributed by atoms with van der Waals surface area (Å²) in [6.07, 6.45) is 5.29. The second kappa shape index (κ2) is 10.8. The molecule has 0 bridgehead atoms. The van der Waals surface area contributed by atoms with Crippen molar-refractivity contribution in [2.45, 2.75) is 39.2 Å². The highest BCUT2D eigenvalue weighted by molar-refractivity contribution is 7.07. The molecule has 2 aromatic heterocycles. The summed E-state index contributed by atoms with van der Waals surface area (Å²) in [4.78, 5) is 34.9. The number of nitrogens with zero attached hydrogens (tertiary/aromatic N) is 3. The van der Waals surface area contributed by atoms with E-state index in [2.05, 4.69) is 4.90 Å². The van der Waals surface area contributed by atoms with Crippen LogP contribution in [0.4, 0.5) is 5.88 Å². The molecule has 1 atom stereocenters. The Kier molecular flexibility index (Phi) is 7.06. The fourth-order valence-electron chi connectivity index (χ4n) is 5.63. The maximum atomic E-state index is 14.1. The molecule has 0 amide bonds. The predicted octanol–water partition coefficient (Wildman–Crippen LogP) is 4.54. The Labute approximate surface area is 235 Å². The fourth-order valence-corrected chi connectivity index (χ4v) is 6.66. The van der Waals surface area contributed by atoms with Crippen molar-refractivity contribution in [2.75, 3.05) is 31.7 Å². The number of carbonyl (C=O) groups is 1. The van der Waals surface area contributed by atoms with Gasteiger partial charge in [0.05, 0.1) is 29.5 Å². The largest absolute Gasteiger partial charge is 0.496 e. The number of carbonyl (C=O) groups excluding carboxylic acids is 1. The molecule has 1 fully saturated rings. The minimum atomic E-state index is -0.779. The zero-order valence-electron chi connectivity index (χ0n) is 22.8. The molecule has 0 radical (unpaired) electrons. The molecule has 1 unspecified atom stereocenters. The van der Waals surface area contributed by atoms with Crippen LogP contribution in [-0.4, -0.2) is 37.3 Å². The van der Waals surface area contributed by atoms with Crippen LogP contribution in [0.2, 0.25) is 0 Å². The van der Waals surface area contributed by atoms with E-state index in [1.165, 1.54) is 17.8 Å². The molecule has 0 spiro atoms. The van der Waals surface area contributed by atoms with Gasteiger partial charge in [-0.1, -0.05) is 41.7 Å². The lowest BCUT2D eigenvalue weighted by atomic mass is 9.90. The van der Waals surface area contributed by atoms with Gasteiger partial charge in [-0.3, -0.25) is 9.36 Å². The first-order valence-corrected chi connectivity index (χ1v) is 14.4. The van der Waals surface area contributed by atoms with Crippen molar-refractivity contribution in [2.24, 2.45) is 4.99 Å². The molecule has 40 heavy (non-hydrogen) atoms. The summed E-state index contributed by atoms with van der Waals surface area (Å²) in [7, 11) is 1.59. The number of furan rings is 1. The van der Waals surface area contributed by atoms with E-state index < -0.39 is 12.0 Å². The molecule has 4 heterocycles. The predicted molar refractivity (Wildman–Crippen MR) is 156 cm³/mol. The van der Waals surface area contributed by atoms with Crippen LogP contribution in [0.25, 0.3) is 16.8 Å². The number of piperidine rings is 1. The molecule has 206 valence electrons. The van der Waals surface area contributed by atoms with Crippen LogP contribution in [0.5, 0.6) is 5.75 Å². The van der Waals surface area contributed by atoms with E-state index in [-0.39, 0.29) is 12.2 Å². The van der Waals surface area contributed by atoms with E-state index in [1.54, 1.807) is 31.6 Å². The van der Waals surface area contributed by atoms with E-state index in [0.29, 0.717) is 32.1 Å². The molecule has 4 aromatic rings. The average Bonchev–Trinajstić information content (AvgIpc) is 3.56. The number of allylic oxidation sites excluding steroid dienone is 1. The molecular weight excluding hydrogens is 526 g/mol. The third-order valence-electron chi connectivity index (χ3n) is 7.49. The molecule has 0 saturated carbocycles. The van der Waals surface area contributed by atoms with Crippen LogP contribution in [0.1, 0.15) is 50.5 Å². The zero-order chi connectivity index (χ0) is 27.8. The van der Waals surface area contributed by atoms with E-state index in [9.17, 15) is 9.59 Å². The first-order chi connectivity index (χ1) is 19.5. The highest BCUT2D eigenvalue weighted by Gasteiger charge is 2.36.